The normalized spacial score (nSPS) is 9.93. The highest BCUT2D eigenvalue weighted by atomic mass is 15.2. The van der Waals surface area contributed by atoms with Gasteiger partial charge in [-0.1, -0.05) is 0 Å². The van der Waals surface area contributed by atoms with E-state index >= 15 is 0 Å². The Hall–Kier alpha value is -1.97. The van der Waals surface area contributed by atoms with Crippen LogP contribution in [-0.4, -0.2) is 22.0 Å². The Morgan fingerprint density at radius 1 is 1.07 bits per heavy atom. The molecule has 0 bridgehead atoms. The van der Waals surface area contributed by atoms with Crippen LogP contribution in [0.5, 0.6) is 0 Å². The molecule has 2 aromatic rings. The average molecular weight is 200 g/mol. The maximum Gasteiger partial charge on any atom is 0.147 e. The molecule has 0 amide bonds. The molecule has 0 atom stereocenters. The summed E-state index contributed by atoms with van der Waals surface area (Å²) < 4.78 is 0. The van der Waals surface area contributed by atoms with Crippen LogP contribution in [0.3, 0.4) is 0 Å². The van der Waals surface area contributed by atoms with Crippen molar-refractivity contribution in [2.24, 2.45) is 0 Å². The lowest BCUT2D eigenvalue weighted by atomic mass is 10.2. The second-order valence-corrected chi connectivity index (χ2v) is 3.28. The molecule has 15 heavy (non-hydrogen) atoms. The molecule has 0 saturated carbocycles. The van der Waals surface area contributed by atoms with Crippen LogP contribution in [0, 0.1) is 0 Å². The zero-order chi connectivity index (χ0) is 10.5. The van der Waals surface area contributed by atoms with Crippen molar-refractivity contribution < 1.29 is 0 Å². The summed E-state index contributed by atoms with van der Waals surface area (Å²) in [5.41, 5.74) is 1.21. The number of hydrogen-bond acceptors (Lipinski definition) is 4. The largest absolute Gasteiger partial charge is 0.354 e. The summed E-state index contributed by atoms with van der Waals surface area (Å²) >= 11 is 0. The molecule has 0 aliphatic carbocycles. The Balaban J connectivity index is 2.08. The molecule has 4 nitrogen and oxygen atoms in total. The monoisotopic (exact) mass is 200 g/mol. The van der Waals surface area contributed by atoms with Crippen LogP contribution in [0.1, 0.15) is 5.56 Å². The zero-order valence-electron chi connectivity index (χ0n) is 8.54. The van der Waals surface area contributed by atoms with Gasteiger partial charge < -0.3 is 4.90 Å². The van der Waals surface area contributed by atoms with Crippen LogP contribution < -0.4 is 4.90 Å². The highest BCUT2D eigenvalue weighted by Gasteiger charge is 2.02. The summed E-state index contributed by atoms with van der Waals surface area (Å²) in [7, 11) is 1.99. The smallest absolute Gasteiger partial charge is 0.147 e. The summed E-state index contributed by atoms with van der Waals surface area (Å²) in [6, 6.07) is 3.99. The molecule has 0 fully saturated rings. The van der Waals surface area contributed by atoms with E-state index in [-0.39, 0.29) is 0 Å². The second-order valence-electron chi connectivity index (χ2n) is 3.28. The van der Waals surface area contributed by atoms with Gasteiger partial charge in [0.1, 0.15) is 5.82 Å². The average Bonchev–Trinajstić information content (AvgIpc) is 2.31. The third-order valence-corrected chi connectivity index (χ3v) is 2.11. The van der Waals surface area contributed by atoms with Gasteiger partial charge in [0.2, 0.25) is 0 Å². The molecule has 2 aromatic heterocycles. The molecule has 2 heterocycles. The molecule has 76 valence electrons. The molecule has 0 saturated heterocycles. The van der Waals surface area contributed by atoms with E-state index in [0.717, 1.165) is 12.4 Å². The van der Waals surface area contributed by atoms with Gasteiger partial charge >= 0.3 is 0 Å². The van der Waals surface area contributed by atoms with E-state index in [1.165, 1.54) is 5.56 Å². The molecule has 2 rings (SSSR count). The van der Waals surface area contributed by atoms with E-state index < -0.39 is 0 Å². The van der Waals surface area contributed by atoms with Gasteiger partial charge in [0.05, 0.1) is 6.20 Å². The molecule has 0 radical (unpaired) electrons. The van der Waals surface area contributed by atoms with Crippen molar-refractivity contribution in [2.75, 3.05) is 11.9 Å². The Bertz CT molecular complexity index is 401. The zero-order valence-corrected chi connectivity index (χ0v) is 8.54. The van der Waals surface area contributed by atoms with Crippen LogP contribution in [0.4, 0.5) is 5.82 Å². The third-order valence-electron chi connectivity index (χ3n) is 2.11. The lowest BCUT2D eigenvalue weighted by molar-refractivity contribution is 0.887. The topological polar surface area (TPSA) is 41.9 Å². The minimum atomic E-state index is 0.807. The molecule has 0 N–H and O–H groups in total. The van der Waals surface area contributed by atoms with Gasteiger partial charge in [0, 0.05) is 38.4 Å². The van der Waals surface area contributed by atoms with Crippen molar-refractivity contribution in [1.82, 2.24) is 15.0 Å². The quantitative estimate of drug-likeness (QED) is 0.753. The molecule has 4 heteroatoms. The Morgan fingerprint density at radius 2 is 1.87 bits per heavy atom. The van der Waals surface area contributed by atoms with Crippen molar-refractivity contribution >= 4 is 5.82 Å². The van der Waals surface area contributed by atoms with Crippen molar-refractivity contribution in [3.05, 3.63) is 48.7 Å². The molecule has 0 spiro atoms. The maximum absolute atomic E-state index is 4.22. The van der Waals surface area contributed by atoms with E-state index in [1.807, 2.05) is 24.1 Å². The van der Waals surface area contributed by atoms with Crippen LogP contribution in [0.25, 0.3) is 0 Å². The highest BCUT2D eigenvalue weighted by Crippen LogP contribution is 2.09. The fraction of sp³-hybridized carbons (Fsp3) is 0.182. The minimum Gasteiger partial charge on any atom is -0.354 e. The predicted octanol–water partition coefficient (Wildman–Crippen LogP) is 1.51. The lowest BCUT2D eigenvalue weighted by Crippen LogP contribution is -2.17. The van der Waals surface area contributed by atoms with Crippen molar-refractivity contribution in [3.63, 3.8) is 0 Å². The second kappa shape index (κ2) is 4.50. The summed E-state index contributed by atoms with van der Waals surface area (Å²) in [5.74, 6) is 0.870. The van der Waals surface area contributed by atoms with Crippen molar-refractivity contribution in [3.8, 4) is 0 Å². The Morgan fingerprint density at radius 3 is 2.53 bits per heavy atom. The Kier molecular flexibility index (Phi) is 2.88. The van der Waals surface area contributed by atoms with Crippen molar-refractivity contribution in [2.45, 2.75) is 6.54 Å². The summed E-state index contributed by atoms with van der Waals surface area (Å²) in [4.78, 5) is 14.3. The van der Waals surface area contributed by atoms with Gasteiger partial charge in [-0.15, -0.1) is 0 Å². The number of nitrogens with zero attached hydrogens (tertiary/aromatic N) is 4. The predicted molar refractivity (Wildman–Crippen MR) is 58.4 cm³/mol. The van der Waals surface area contributed by atoms with E-state index in [0.29, 0.717) is 0 Å². The molecule has 0 aliphatic heterocycles. The summed E-state index contributed by atoms with van der Waals surface area (Å²) in [6.45, 7) is 0.807. The maximum atomic E-state index is 4.22. The number of pyridine rings is 1. The van der Waals surface area contributed by atoms with Crippen molar-refractivity contribution in [1.29, 1.82) is 0 Å². The number of aromatic nitrogens is 3. The van der Waals surface area contributed by atoms with Crippen LogP contribution in [-0.2, 0) is 6.54 Å². The molecular formula is C11H12N4. The number of rotatable bonds is 3. The van der Waals surface area contributed by atoms with Gasteiger partial charge in [-0.05, 0) is 17.7 Å². The van der Waals surface area contributed by atoms with E-state index in [1.54, 1.807) is 31.0 Å². The molecule has 0 aromatic carbocycles. The first-order chi connectivity index (χ1) is 7.36. The fourth-order valence-corrected chi connectivity index (χ4v) is 1.33. The molecular weight excluding hydrogens is 188 g/mol. The van der Waals surface area contributed by atoms with E-state index in [4.69, 9.17) is 0 Å². The van der Waals surface area contributed by atoms with Crippen LogP contribution >= 0.6 is 0 Å². The first-order valence-corrected chi connectivity index (χ1v) is 4.72. The summed E-state index contributed by atoms with van der Waals surface area (Å²) in [6.07, 6.45) is 8.70. The van der Waals surface area contributed by atoms with E-state index in [9.17, 15) is 0 Å². The van der Waals surface area contributed by atoms with Crippen LogP contribution in [0.2, 0.25) is 0 Å². The minimum absolute atomic E-state index is 0.807. The van der Waals surface area contributed by atoms with Gasteiger partial charge in [-0.25, -0.2) is 4.98 Å². The molecule has 0 aliphatic rings. The SMILES string of the molecule is CN(Cc1ccncc1)c1cnccn1. The first-order valence-electron chi connectivity index (χ1n) is 4.72. The van der Waals surface area contributed by atoms with Gasteiger partial charge in [0.15, 0.2) is 0 Å². The van der Waals surface area contributed by atoms with E-state index in [2.05, 4.69) is 15.0 Å². The lowest BCUT2D eigenvalue weighted by Gasteiger charge is -2.17. The third kappa shape index (κ3) is 2.49. The fourth-order valence-electron chi connectivity index (χ4n) is 1.33. The van der Waals surface area contributed by atoms with Crippen LogP contribution in [0.15, 0.2) is 43.1 Å². The first kappa shape index (κ1) is 9.58. The van der Waals surface area contributed by atoms with Gasteiger partial charge in [-0.3, -0.25) is 9.97 Å². The summed E-state index contributed by atoms with van der Waals surface area (Å²) in [5, 5.41) is 0. The Labute approximate surface area is 88.6 Å². The van der Waals surface area contributed by atoms with Gasteiger partial charge in [0.25, 0.3) is 0 Å². The number of anilines is 1. The number of hydrogen-bond donors (Lipinski definition) is 0. The molecule has 0 unspecified atom stereocenters. The van der Waals surface area contributed by atoms with Gasteiger partial charge in [-0.2, -0.15) is 0 Å². The highest BCUT2D eigenvalue weighted by molar-refractivity contribution is 5.34. The standard InChI is InChI=1S/C11H12N4/c1-15(11-8-13-6-7-14-11)9-10-2-4-12-5-3-10/h2-8H,9H2,1H3.